The van der Waals surface area contributed by atoms with Gasteiger partial charge in [-0.15, -0.1) is 22.7 Å². The summed E-state index contributed by atoms with van der Waals surface area (Å²) in [6, 6.07) is 23.9. The Balaban J connectivity index is 1.32. The molecular weight excluding hydrogens is 466 g/mol. The molecule has 1 aliphatic heterocycles. The van der Waals surface area contributed by atoms with Crippen molar-refractivity contribution in [2.45, 2.75) is 12.5 Å². The fraction of sp³-hybridized carbons (Fsp3) is 0.115. The van der Waals surface area contributed by atoms with E-state index in [-0.39, 0.29) is 24.5 Å². The van der Waals surface area contributed by atoms with Gasteiger partial charge in [-0.1, -0.05) is 42.5 Å². The third kappa shape index (κ3) is 4.78. The van der Waals surface area contributed by atoms with Crippen LogP contribution in [0.15, 0.2) is 94.7 Å². The van der Waals surface area contributed by atoms with Crippen LogP contribution >= 0.6 is 22.7 Å². The number of benzene rings is 2. The first-order chi connectivity index (χ1) is 16.7. The number of carbonyl (C=O) groups excluding carboxylic acids is 2. The minimum absolute atomic E-state index is 0.162. The van der Waals surface area contributed by atoms with E-state index in [1.54, 1.807) is 46.9 Å². The maximum Gasteiger partial charge on any atom is 0.281 e. The van der Waals surface area contributed by atoms with Crippen LogP contribution in [0.4, 0.5) is 5.69 Å². The summed E-state index contributed by atoms with van der Waals surface area (Å²) in [5.74, 6) is -0.216. The highest BCUT2D eigenvalue weighted by Gasteiger charge is 2.34. The van der Waals surface area contributed by atoms with E-state index in [4.69, 9.17) is 4.74 Å². The van der Waals surface area contributed by atoms with E-state index in [9.17, 15) is 9.59 Å². The average Bonchev–Trinajstić information content (AvgIpc) is 3.64. The number of carbonyl (C=O) groups is 2. The monoisotopic (exact) mass is 487 g/mol. The van der Waals surface area contributed by atoms with E-state index in [0.717, 1.165) is 15.5 Å². The van der Waals surface area contributed by atoms with E-state index in [0.29, 0.717) is 23.4 Å². The lowest BCUT2D eigenvalue weighted by Gasteiger charge is -2.21. The van der Waals surface area contributed by atoms with Gasteiger partial charge >= 0.3 is 0 Å². The molecule has 0 radical (unpaired) electrons. The third-order valence-electron chi connectivity index (χ3n) is 5.36. The van der Waals surface area contributed by atoms with Gasteiger partial charge in [0.15, 0.2) is 6.61 Å². The van der Waals surface area contributed by atoms with Crippen LogP contribution in [0.3, 0.4) is 0 Å². The molecule has 1 N–H and O–H groups in total. The van der Waals surface area contributed by atoms with Crippen LogP contribution in [0.1, 0.15) is 32.6 Å². The molecule has 0 spiro atoms. The number of thiophene rings is 2. The fourth-order valence-corrected chi connectivity index (χ4v) is 5.27. The number of ether oxygens (including phenoxy) is 1. The lowest BCUT2D eigenvalue weighted by atomic mass is 10.1. The summed E-state index contributed by atoms with van der Waals surface area (Å²) in [6.45, 7) is -0.223. The molecule has 0 aliphatic carbocycles. The normalized spacial score (nSPS) is 15.1. The first-order valence-electron chi connectivity index (χ1n) is 10.7. The minimum atomic E-state index is -0.301. The molecule has 2 aromatic carbocycles. The lowest BCUT2D eigenvalue weighted by molar-refractivity contribution is -0.135. The van der Waals surface area contributed by atoms with E-state index in [2.05, 4.69) is 10.4 Å². The summed E-state index contributed by atoms with van der Waals surface area (Å²) in [7, 11) is 0. The molecule has 2 aromatic heterocycles. The van der Waals surface area contributed by atoms with Crippen molar-refractivity contribution in [1.82, 2.24) is 5.01 Å². The molecule has 1 atom stereocenters. The van der Waals surface area contributed by atoms with Gasteiger partial charge in [0.25, 0.3) is 11.8 Å². The molecule has 0 unspecified atom stereocenters. The second-order valence-corrected chi connectivity index (χ2v) is 9.53. The van der Waals surface area contributed by atoms with Crippen LogP contribution in [-0.2, 0) is 4.79 Å². The molecule has 170 valence electrons. The topological polar surface area (TPSA) is 71.0 Å². The first-order valence-corrected chi connectivity index (χ1v) is 12.5. The summed E-state index contributed by atoms with van der Waals surface area (Å²) in [5, 5.41) is 13.0. The average molecular weight is 488 g/mol. The maximum absolute atomic E-state index is 13.2. The number of para-hydroxylation sites is 2. The van der Waals surface area contributed by atoms with Gasteiger partial charge in [-0.3, -0.25) is 9.59 Å². The zero-order chi connectivity index (χ0) is 23.3. The van der Waals surface area contributed by atoms with Crippen molar-refractivity contribution in [2.24, 2.45) is 5.10 Å². The van der Waals surface area contributed by atoms with Crippen molar-refractivity contribution >= 4 is 45.9 Å². The molecular formula is C26H21N3O3S2. The molecule has 1 aliphatic rings. The van der Waals surface area contributed by atoms with E-state index in [1.165, 1.54) is 5.01 Å². The van der Waals surface area contributed by atoms with Crippen molar-refractivity contribution in [3.05, 3.63) is 105 Å². The molecule has 34 heavy (non-hydrogen) atoms. The van der Waals surface area contributed by atoms with Gasteiger partial charge in [0.1, 0.15) is 5.75 Å². The SMILES string of the molecule is O=C(Nc1ccccc1)c1ccccc1OCC(=O)N1N=C(c2cccs2)C[C@@H]1c1cccs1. The van der Waals surface area contributed by atoms with Crippen molar-refractivity contribution in [1.29, 1.82) is 0 Å². The highest BCUT2D eigenvalue weighted by atomic mass is 32.1. The predicted octanol–water partition coefficient (Wildman–Crippen LogP) is 5.82. The quantitative estimate of drug-likeness (QED) is 0.357. The van der Waals surface area contributed by atoms with Crippen molar-refractivity contribution in [2.75, 3.05) is 11.9 Å². The van der Waals surface area contributed by atoms with Crippen molar-refractivity contribution < 1.29 is 14.3 Å². The number of amides is 2. The predicted molar refractivity (Wildman–Crippen MR) is 136 cm³/mol. The second-order valence-electron chi connectivity index (χ2n) is 7.60. The number of hydrogen-bond acceptors (Lipinski definition) is 6. The van der Waals surface area contributed by atoms with Gasteiger partial charge in [0.2, 0.25) is 0 Å². The summed E-state index contributed by atoms with van der Waals surface area (Å²) < 4.78 is 5.85. The van der Waals surface area contributed by atoms with E-state index < -0.39 is 0 Å². The molecule has 5 rings (SSSR count). The molecule has 2 amide bonds. The van der Waals surface area contributed by atoms with Crippen molar-refractivity contribution in [3.8, 4) is 5.75 Å². The Bertz CT molecular complexity index is 1300. The van der Waals surface area contributed by atoms with Gasteiger partial charge in [-0.05, 0) is 47.2 Å². The summed E-state index contributed by atoms with van der Waals surface area (Å²) >= 11 is 3.21. The van der Waals surface area contributed by atoms with Gasteiger partial charge in [-0.2, -0.15) is 5.10 Å². The van der Waals surface area contributed by atoms with E-state index >= 15 is 0 Å². The summed E-state index contributed by atoms with van der Waals surface area (Å²) in [6.07, 6.45) is 0.656. The highest BCUT2D eigenvalue weighted by Crippen LogP contribution is 2.36. The van der Waals surface area contributed by atoms with Crippen LogP contribution in [-0.4, -0.2) is 29.1 Å². The molecule has 0 fully saturated rings. The molecule has 4 aromatic rings. The van der Waals surface area contributed by atoms with Crippen LogP contribution < -0.4 is 10.1 Å². The van der Waals surface area contributed by atoms with E-state index in [1.807, 2.05) is 65.4 Å². The van der Waals surface area contributed by atoms with Crippen molar-refractivity contribution in [3.63, 3.8) is 0 Å². The molecule has 0 saturated heterocycles. The van der Waals surface area contributed by atoms with Crippen LogP contribution in [0.2, 0.25) is 0 Å². The Morgan fingerprint density at radius 3 is 2.47 bits per heavy atom. The molecule has 3 heterocycles. The summed E-state index contributed by atoms with van der Waals surface area (Å²) in [4.78, 5) is 28.2. The third-order valence-corrected chi connectivity index (χ3v) is 7.25. The Morgan fingerprint density at radius 2 is 1.71 bits per heavy atom. The number of rotatable bonds is 7. The molecule has 6 nitrogen and oxygen atoms in total. The van der Waals surface area contributed by atoms with Gasteiger partial charge in [-0.25, -0.2) is 5.01 Å². The van der Waals surface area contributed by atoms with Gasteiger partial charge in [0.05, 0.1) is 22.2 Å². The largest absolute Gasteiger partial charge is 0.483 e. The molecule has 0 saturated carbocycles. The number of hydrazone groups is 1. The summed E-state index contributed by atoms with van der Waals surface area (Å²) in [5.41, 5.74) is 1.94. The smallest absolute Gasteiger partial charge is 0.281 e. The van der Waals surface area contributed by atoms with Crippen LogP contribution in [0.5, 0.6) is 5.75 Å². The Kier molecular flexibility index (Phi) is 6.51. The number of nitrogens with zero attached hydrogens (tertiary/aromatic N) is 2. The standard InChI is InChI=1S/C26H21N3O3S2/c30-25(29-21(24-13-7-15-34-24)16-20(28-29)23-12-6-14-33-23)17-32-22-11-5-4-10-19(22)26(31)27-18-8-2-1-3-9-18/h1-15,21H,16-17H2,(H,27,31)/t21-/m1/s1. The number of anilines is 1. The lowest BCUT2D eigenvalue weighted by Crippen LogP contribution is -2.31. The minimum Gasteiger partial charge on any atom is -0.483 e. The Labute approximate surface area is 205 Å². The highest BCUT2D eigenvalue weighted by molar-refractivity contribution is 7.12. The Hall–Kier alpha value is -3.75. The fourth-order valence-electron chi connectivity index (χ4n) is 3.74. The molecule has 0 bridgehead atoms. The number of hydrogen-bond donors (Lipinski definition) is 1. The first kappa shape index (κ1) is 22.1. The van der Waals surface area contributed by atoms with Crippen LogP contribution in [0, 0.1) is 0 Å². The maximum atomic E-state index is 13.2. The zero-order valence-corrected chi connectivity index (χ0v) is 19.7. The second kappa shape index (κ2) is 10.0. The zero-order valence-electron chi connectivity index (χ0n) is 18.1. The van der Waals surface area contributed by atoms with Crippen LogP contribution in [0.25, 0.3) is 0 Å². The van der Waals surface area contributed by atoms with Gasteiger partial charge in [0, 0.05) is 17.0 Å². The molecule has 8 heteroatoms. The van der Waals surface area contributed by atoms with Gasteiger partial charge < -0.3 is 10.1 Å². The Morgan fingerprint density at radius 1 is 0.941 bits per heavy atom. The number of nitrogens with one attached hydrogen (secondary N) is 1.